The third-order valence-electron chi connectivity index (χ3n) is 12.6. The second-order valence-corrected chi connectivity index (χ2v) is 21.2. The molecule has 5 aromatic rings. The van der Waals surface area contributed by atoms with Crippen molar-refractivity contribution in [1.29, 1.82) is 0 Å². The van der Waals surface area contributed by atoms with Gasteiger partial charge in [-0.15, -0.1) is 32.9 Å². The lowest BCUT2D eigenvalue weighted by molar-refractivity contribution is -0.151. The maximum Gasteiger partial charge on any atom is 0.311 e. The monoisotopic (exact) mass is 1030 g/mol. The summed E-state index contributed by atoms with van der Waals surface area (Å²) >= 11 is 9.48. The Morgan fingerprint density at radius 1 is 0.901 bits per heavy atom. The van der Waals surface area contributed by atoms with Gasteiger partial charge >= 0.3 is 5.97 Å². The summed E-state index contributed by atoms with van der Waals surface area (Å²) in [4.78, 5) is 67.4. The Morgan fingerprint density at radius 3 is 2.21 bits per heavy atom. The Bertz CT molecular complexity index is 2700. The SMILES string of the molecule is CC[C@@H](C(=O)OCCOCCOCCOCC(=O)N[C@H](C(=O)N1C[C@H](O)C[C@H]1C(=O)NCc1ccc(-c2scnc2C)cc1)C(C)(C)C)[C@@H]1N=C(c2ccc(Cl)cc2)c2c(sc(C)c2C)-n2c(C)nnc21. The van der Waals surface area contributed by atoms with Gasteiger partial charge < -0.3 is 39.6 Å². The highest BCUT2D eigenvalue weighted by atomic mass is 35.5. The second-order valence-electron chi connectivity index (χ2n) is 18.7. The zero-order valence-corrected chi connectivity index (χ0v) is 43.8. The first-order valence-electron chi connectivity index (χ1n) is 23.8. The Morgan fingerprint density at radius 2 is 1.56 bits per heavy atom. The number of β-amino-alcohol motifs (C(OH)–C–C–N with tert-alkyl or cyclic N) is 1. The molecular formula is C51H63ClN8O9S2. The first kappa shape index (κ1) is 53.4. The van der Waals surface area contributed by atoms with E-state index in [9.17, 15) is 24.3 Å². The van der Waals surface area contributed by atoms with Crippen LogP contribution in [0.25, 0.3) is 15.4 Å². The van der Waals surface area contributed by atoms with Crippen LogP contribution in [0.4, 0.5) is 0 Å². The number of esters is 1. The predicted molar refractivity (Wildman–Crippen MR) is 272 cm³/mol. The highest BCUT2D eigenvalue weighted by Gasteiger charge is 2.45. The van der Waals surface area contributed by atoms with E-state index in [-0.39, 0.29) is 71.7 Å². The molecule has 2 aliphatic rings. The van der Waals surface area contributed by atoms with Crippen LogP contribution in [-0.4, -0.2) is 130 Å². The van der Waals surface area contributed by atoms with Crippen LogP contribution in [0.2, 0.25) is 5.02 Å². The molecule has 3 amide bonds. The van der Waals surface area contributed by atoms with E-state index in [1.165, 1.54) is 4.90 Å². The number of hydrogen-bond acceptors (Lipinski definition) is 15. The van der Waals surface area contributed by atoms with Crippen molar-refractivity contribution >= 4 is 63.7 Å². The van der Waals surface area contributed by atoms with Gasteiger partial charge in [-0.3, -0.25) is 28.7 Å². The van der Waals surface area contributed by atoms with Crippen LogP contribution in [0, 0.1) is 39.0 Å². The van der Waals surface area contributed by atoms with Crippen LogP contribution in [0.15, 0.2) is 59.0 Å². The van der Waals surface area contributed by atoms with Crippen molar-refractivity contribution in [3.05, 3.63) is 104 Å². The molecule has 3 aromatic heterocycles. The molecule has 1 saturated heterocycles. The van der Waals surface area contributed by atoms with Crippen molar-refractivity contribution in [3.63, 3.8) is 0 Å². The second kappa shape index (κ2) is 23.9. The predicted octanol–water partition coefficient (Wildman–Crippen LogP) is 6.66. The Labute approximate surface area is 427 Å². The minimum absolute atomic E-state index is 0.0275. The standard InChI is InChI=1S/C51H63ClN8O9S2/c1-9-38(43-46-58-57-32(5)60(46)49-41(29(2)31(4)71-49)42(56-43)34-14-16-36(52)17-15-34)50(65)69-23-22-67-19-18-66-20-21-68-27-40(62)55-45(51(6,7)8)48(64)59-26-37(61)24-39(59)47(63)53-25-33-10-12-35(13-11-33)44-30(3)54-28-70-44/h10-17,28,37-39,43,45,61H,9,18-27H2,1-8H3,(H,53,63)(H,55,62)/t37-,38-,39+,43+,45-/m1/s1. The van der Waals surface area contributed by atoms with E-state index in [0.717, 1.165) is 54.0 Å². The number of aliphatic hydroxyl groups is 1. The molecule has 71 heavy (non-hydrogen) atoms. The maximum absolute atomic E-state index is 14.0. The summed E-state index contributed by atoms with van der Waals surface area (Å²) in [7, 11) is 0. The summed E-state index contributed by atoms with van der Waals surface area (Å²) in [5, 5.41) is 26.8. The highest BCUT2D eigenvalue weighted by Crippen LogP contribution is 2.42. The summed E-state index contributed by atoms with van der Waals surface area (Å²) in [6, 6.07) is 12.8. The van der Waals surface area contributed by atoms with Gasteiger partial charge in [0.05, 0.1) is 66.8 Å². The van der Waals surface area contributed by atoms with Crippen molar-refractivity contribution in [3.8, 4) is 15.4 Å². The largest absolute Gasteiger partial charge is 0.463 e. The molecule has 380 valence electrons. The van der Waals surface area contributed by atoms with E-state index in [2.05, 4.69) is 39.7 Å². The van der Waals surface area contributed by atoms with E-state index in [1.807, 2.05) is 100 Å². The normalized spacial score (nSPS) is 17.5. The Balaban J connectivity index is 0.818. The Kier molecular flexibility index (Phi) is 18.0. The van der Waals surface area contributed by atoms with Gasteiger partial charge in [-0.2, -0.15) is 0 Å². The molecule has 2 aromatic carbocycles. The fourth-order valence-corrected chi connectivity index (χ4v) is 10.8. The lowest BCUT2D eigenvalue weighted by Gasteiger charge is -2.35. The number of aliphatic hydroxyl groups excluding tert-OH is 1. The van der Waals surface area contributed by atoms with Gasteiger partial charge in [0.1, 0.15) is 42.2 Å². The van der Waals surface area contributed by atoms with Crippen LogP contribution in [0.3, 0.4) is 0 Å². The number of thiazole rings is 1. The van der Waals surface area contributed by atoms with E-state index in [0.29, 0.717) is 23.1 Å². The van der Waals surface area contributed by atoms with Gasteiger partial charge in [0.2, 0.25) is 17.7 Å². The van der Waals surface area contributed by atoms with Crippen molar-refractivity contribution in [2.75, 3.05) is 52.8 Å². The molecule has 3 N–H and O–H groups in total. The third-order valence-corrected chi connectivity index (χ3v) is 15.0. The number of halogens is 1. The number of carbonyl (C=O) groups is 4. The molecular weight excluding hydrogens is 968 g/mol. The number of aryl methyl sites for hydroxylation is 3. The smallest absolute Gasteiger partial charge is 0.311 e. The summed E-state index contributed by atoms with van der Waals surface area (Å²) in [6.45, 7) is 16.2. The molecule has 0 saturated carbocycles. The van der Waals surface area contributed by atoms with Gasteiger partial charge in [-0.25, -0.2) is 4.98 Å². The molecule has 5 atom stereocenters. The summed E-state index contributed by atoms with van der Waals surface area (Å²) in [5.74, 6) is -1.14. The number of likely N-dealkylation sites (tertiary alicyclic amines) is 1. The van der Waals surface area contributed by atoms with Gasteiger partial charge in [-0.1, -0.05) is 75.7 Å². The van der Waals surface area contributed by atoms with E-state index in [4.69, 9.17) is 35.5 Å². The number of aromatic nitrogens is 4. The lowest BCUT2D eigenvalue weighted by atomic mass is 9.85. The number of nitrogens with one attached hydrogen (secondary N) is 2. The number of nitrogens with zero attached hydrogens (tertiary/aromatic N) is 6. The quantitative estimate of drug-likeness (QED) is 0.0521. The van der Waals surface area contributed by atoms with E-state index in [1.54, 1.807) is 22.7 Å². The topological polar surface area (TPSA) is 209 Å². The molecule has 1 fully saturated rings. The number of thiophene rings is 1. The first-order valence-corrected chi connectivity index (χ1v) is 25.8. The molecule has 17 nitrogen and oxygen atoms in total. The molecule has 0 spiro atoms. The van der Waals surface area contributed by atoms with Crippen LogP contribution < -0.4 is 10.6 Å². The van der Waals surface area contributed by atoms with Crippen molar-refractivity contribution < 1.29 is 43.2 Å². The molecule has 0 aliphatic carbocycles. The third kappa shape index (κ3) is 12.8. The molecule has 2 aliphatic heterocycles. The first-order chi connectivity index (χ1) is 34.0. The Hall–Kier alpha value is -5.41. The van der Waals surface area contributed by atoms with Crippen molar-refractivity contribution in [1.82, 2.24) is 35.3 Å². The zero-order chi connectivity index (χ0) is 51.0. The number of aliphatic imine (C=N–C) groups is 1. The molecule has 5 heterocycles. The minimum atomic E-state index is -0.991. The van der Waals surface area contributed by atoms with Crippen molar-refractivity contribution in [2.24, 2.45) is 16.3 Å². The number of ether oxygens (including phenoxy) is 4. The van der Waals surface area contributed by atoms with Crippen LogP contribution >= 0.6 is 34.3 Å². The van der Waals surface area contributed by atoms with Gasteiger partial charge in [-0.05, 0) is 68.4 Å². The highest BCUT2D eigenvalue weighted by molar-refractivity contribution is 7.15. The number of amides is 3. The van der Waals surface area contributed by atoms with Gasteiger partial charge in [0.25, 0.3) is 0 Å². The fourth-order valence-electron chi connectivity index (χ4n) is 8.64. The molecule has 7 rings (SSSR count). The molecule has 0 radical (unpaired) electrons. The van der Waals surface area contributed by atoms with Gasteiger partial charge in [0, 0.05) is 40.5 Å². The number of rotatable bonds is 21. The average molecular weight is 1030 g/mol. The molecule has 0 bridgehead atoms. The minimum Gasteiger partial charge on any atom is -0.463 e. The average Bonchev–Trinajstić information content (AvgIpc) is 4.11. The number of benzene rings is 2. The number of fused-ring (bicyclic) bond motifs is 3. The van der Waals surface area contributed by atoms with Crippen LogP contribution in [-0.2, 0) is 44.7 Å². The van der Waals surface area contributed by atoms with E-state index < -0.39 is 53.3 Å². The summed E-state index contributed by atoms with van der Waals surface area (Å²) < 4.78 is 24.6. The van der Waals surface area contributed by atoms with Crippen molar-refractivity contribution in [2.45, 2.75) is 99.0 Å². The summed E-state index contributed by atoms with van der Waals surface area (Å²) in [6.07, 6.45) is -0.357. The fraction of sp³-hybridized carbons (Fsp3) is 0.490. The molecule has 20 heteroatoms. The van der Waals surface area contributed by atoms with Crippen LogP contribution in [0.1, 0.15) is 91.1 Å². The number of carbonyl (C=O) groups excluding carboxylic acids is 4. The summed E-state index contributed by atoms with van der Waals surface area (Å²) in [5.41, 5.74) is 7.68. The maximum atomic E-state index is 14.0. The van der Waals surface area contributed by atoms with Gasteiger partial charge in [0.15, 0.2) is 5.82 Å². The lowest BCUT2D eigenvalue weighted by Crippen LogP contribution is -2.58. The van der Waals surface area contributed by atoms with E-state index >= 15 is 0 Å². The number of hydrogen-bond donors (Lipinski definition) is 3. The zero-order valence-electron chi connectivity index (χ0n) is 41.5. The van der Waals surface area contributed by atoms with Crippen LogP contribution in [0.5, 0.6) is 0 Å². The molecule has 0 unspecified atom stereocenters.